The minimum Gasteiger partial charge on any atom is -0.340 e. The maximum absolute atomic E-state index is 12.7. The molecule has 1 aromatic heterocycles. The molecule has 0 unspecified atom stereocenters. The molecule has 3 heteroatoms. The highest BCUT2D eigenvalue weighted by atomic mass is 19.1. The summed E-state index contributed by atoms with van der Waals surface area (Å²) in [6.45, 7) is 4.57. The van der Waals surface area contributed by atoms with Crippen LogP contribution >= 0.6 is 0 Å². The standard InChI is InChI=1S/C20H22FNO/c1-15-7-4-8-16(23)9-5-12-19-20(15)17-10-2-3-11-18(17)22(19)14-6-13-21/h2-3,5,10-12H,1,4,6-9,13-14H2/b12-5-. The molecule has 23 heavy (non-hydrogen) atoms. The van der Waals surface area contributed by atoms with Gasteiger partial charge in [0.1, 0.15) is 5.78 Å². The fourth-order valence-electron chi connectivity index (χ4n) is 3.35. The highest BCUT2D eigenvalue weighted by Crippen LogP contribution is 2.35. The average molecular weight is 311 g/mol. The molecular weight excluding hydrogens is 289 g/mol. The quantitative estimate of drug-likeness (QED) is 0.766. The van der Waals surface area contributed by atoms with E-state index in [9.17, 15) is 9.18 Å². The van der Waals surface area contributed by atoms with Crippen LogP contribution in [0.15, 0.2) is 36.9 Å². The number of carbonyl (C=O) groups is 1. The van der Waals surface area contributed by atoms with Gasteiger partial charge in [0.2, 0.25) is 0 Å². The van der Waals surface area contributed by atoms with Gasteiger partial charge in [-0.2, -0.15) is 0 Å². The van der Waals surface area contributed by atoms with Crippen LogP contribution < -0.4 is 0 Å². The minimum atomic E-state index is -0.329. The lowest BCUT2D eigenvalue weighted by atomic mass is 9.96. The lowest BCUT2D eigenvalue weighted by molar-refractivity contribution is -0.118. The summed E-state index contributed by atoms with van der Waals surface area (Å²) in [5.41, 5.74) is 4.39. The van der Waals surface area contributed by atoms with E-state index in [1.807, 2.05) is 24.3 Å². The third kappa shape index (κ3) is 3.14. The molecule has 0 atom stereocenters. The fourth-order valence-corrected chi connectivity index (χ4v) is 3.35. The number of alkyl halides is 1. The van der Waals surface area contributed by atoms with Gasteiger partial charge in [0.15, 0.2) is 0 Å². The van der Waals surface area contributed by atoms with Gasteiger partial charge in [-0.15, -0.1) is 0 Å². The molecule has 120 valence electrons. The first-order chi connectivity index (χ1) is 11.2. The molecule has 0 aliphatic heterocycles. The van der Waals surface area contributed by atoms with Crippen molar-refractivity contribution in [1.82, 2.24) is 4.57 Å². The van der Waals surface area contributed by atoms with Crippen molar-refractivity contribution in [3.05, 3.63) is 48.2 Å². The van der Waals surface area contributed by atoms with E-state index in [0.717, 1.165) is 35.2 Å². The fraction of sp³-hybridized carbons (Fsp3) is 0.350. The number of nitrogens with zero attached hydrogens (tertiary/aromatic N) is 1. The van der Waals surface area contributed by atoms with Crippen molar-refractivity contribution in [1.29, 1.82) is 0 Å². The Morgan fingerprint density at radius 1 is 1.22 bits per heavy atom. The normalized spacial score (nSPS) is 17.3. The molecule has 2 aromatic rings. The van der Waals surface area contributed by atoms with Crippen LogP contribution in [0.5, 0.6) is 0 Å². The number of carbonyl (C=O) groups excluding carboxylic acids is 1. The van der Waals surface area contributed by atoms with Crippen molar-refractivity contribution in [2.24, 2.45) is 0 Å². The lowest BCUT2D eigenvalue weighted by Gasteiger charge is -2.11. The van der Waals surface area contributed by atoms with Crippen molar-refractivity contribution in [2.45, 2.75) is 38.6 Å². The van der Waals surface area contributed by atoms with Crippen molar-refractivity contribution in [3.8, 4) is 0 Å². The Labute approximate surface area is 136 Å². The maximum Gasteiger partial charge on any atom is 0.136 e. The Kier molecular flexibility index (Phi) is 4.75. The first-order valence-electron chi connectivity index (χ1n) is 8.26. The molecule has 2 nitrogen and oxygen atoms in total. The van der Waals surface area contributed by atoms with E-state index in [4.69, 9.17) is 0 Å². The molecule has 0 spiro atoms. The Hall–Kier alpha value is -2.16. The molecule has 0 bridgehead atoms. The van der Waals surface area contributed by atoms with E-state index in [2.05, 4.69) is 23.3 Å². The Morgan fingerprint density at radius 2 is 2.04 bits per heavy atom. The van der Waals surface area contributed by atoms with Crippen LogP contribution in [0.1, 0.15) is 43.4 Å². The van der Waals surface area contributed by atoms with E-state index in [0.29, 0.717) is 25.8 Å². The summed E-state index contributed by atoms with van der Waals surface area (Å²) in [5.74, 6) is 0.268. The van der Waals surface area contributed by atoms with Crippen LogP contribution in [0, 0.1) is 0 Å². The third-order valence-electron chi connectivity index (χ3n) is 4.44. The van der Waals surface area contributed by atoms with Gasteiger partial charge in [-0.05, 0) is 37.0 Å². The molecule has 1 aliphatic carbocycles. The molecule has 0 radical (unpaired) electrons. The van der Waals surface area contributed by atoms with Crippen LogP contribution in [0.2, 0.25) is 0 Å². The number of ketones is 1. The van der Waals surface area contributed by atoms with Crippen LogP contribution in [0.25, 0.3) is 22.6 Å². The van der Waals surface area contributed by atoms with Gasteiger partial charge in [0.25, 0.3) is 0 Å². The first kappa shape index (κ1) is 15.7. The first-order valence-corrected chi connectivity index (χ1v) is 8.26. The zero-order valence-corrected chi connectivity index (χ0v) is 13.4. The summed E-state index contributed by atoms with van der Waals surface area (Å²) in [6, 6.07) is 8.22. The summed E-state index contributed by atoms with van der Waals surface area (Å²) in [7, 11) is 0. The number of allylic oxidation sites excluding steroid dienone is 2. The highest BCUT2D eigenvalue weighted by Gasteiger charge is 2.18. The van der Waals surface area contributed by atoms with E-state index in [1.165, 1.54) is 5.39 Å². The van der Waals surface area contributed by atoms with Gasteiger partial charge in [-0.25, -0.2) is 0 Å². The number of aromatic nitrogens is 1. The number of aryl methyl sites for hydroxylation is 1. The zero-order valence-electron chi connectivity index (χ0n) is 13.4. The second-order valence-corrected chi connectivity index (χ2v) is 6.07. The Morgan fingerprint density at radius 3 is 2.87 bits per heavy atom. The molecule has 1 aromatic carbocycles. The van der Waals surface area contributed by atoms with Crippen LogP contribution in [0.3, 0.4) is 0 Å². The SMILES string of the molecule is C=C1CCCC(=O)C/C=C\c2c1c1ccccc1n2CCCF. The van der Waals surface area contributed by atoms with E-state index in [1.54, 1.807) is 0 Å². The summed E-state index contributed by atoms with van der Waals surface area (Å²) >= 11 is 0. The Bertz CT molecular complexity index is 769. The molecule has 1 aliphatic rings. The van der Waals surface area contributed by atoms with Crippen LogP contribution in [-0.4, -0.2) is 17.0 Å². The van der Waals surface area contributed by atoms with Crippen molar-refractivity contribution < 1.29 is 9.18 Å². The van der Waals surface area contributed by atoms with Gasteiger partial charge >= 0.3 is 0 Å². The molecule has 0 amide bonds. The van der Waals surface area contributed by atoms with Crippen molar-refractivity contribution in [2.75, 3.05) is 6.67 Å². The molecule has 0 saturated heterocycles. The molecular formula is C20H22FNO. The average Bonchev–Trinajstić information content (AvgIpc) is 2.86. The minimum absolute atomic E-state index is 0.268. The summed E-state index contributed by atoms with van der Waals surface area (Å²) in [4.78, 5) is 11.8. The number of para-hydroxylation sites is 1. The number of fused-ring (bicyclic) bond motifs is 3. The van der Waals surface area contributed by atoms with Crippen molar-refractivity contribution in [3.63, 3.8) is 0 Å². The number of halogens is 1. The summed E-state index contributed by atoms with van der Waals surface area (Å²) in [5, 5.41) is 1.17. The summed E-state index contributed by atoms with van der Waals surface area (Å²) in [6.07, 6.45) is 7.19. The number of Topliss-reactive ketones (excluding diaryl/α,β-unsaturated/α-hetero) is 1. The Balaban J connectivity index is 2.20. The zero-order chi connectivity index (χ0) is 16.2. The molecule has 3 rings (SSSR count). The number of hydrogen-bond donors (Lipinski definition) is 0. The van der Waals surface area contributed by atoms with Gasteiger partial charge < -0.3 is 4.57 Å². The predicted octanol–water partition coefficient (Wildman–Crippen LogP) is 5.17. The smallest absolute Gasteiger partial charge is 0.136 e. The number of benzene rings is 1. The van der Waals surface area contributed by atoms with E-state index >= 15 is 0 Å². The third-order valence-corrected chi connectivity index (χ3v) is 4.44. The molecule has 1 heterocycles. The largest absolute Gasteiger partial charge is 0.340 e. The predicted molar refractivity (Wildman–Crippen MR) is 94.1 cm³/mol. The van der Waals surface area contributed by atoms with Gasteiger partial charge in [0.05, 0.1) is 6.67 Å². The molecule has 0 N–H and O–H groups in total. The van der Waals surface area contributed by atoms with Gasteiger partial charge in [-0.3, -0.25) is 9.18 Å². The number of rotatable bonds is 3. The van der Waals surface area contributed by atoms with Gasteiger partial charge in [0, 0.05) is 41.5 Å². The van der Waals surface area contributed by atoms with E-state index < -0.39 is 0 Å². The molecule has 0 saturated carbocycles. The van der Waals surface area contributed by atoms with E-state index in [-0.39, 0.29) is 12.5 Å². The molecule has 0 fully saturated rings. The summed E-state index contributed by atoms with van der Waals surface area (Å²) < 4.78 is 14.9. The monoisotopic (exact) mass is 311 g/mol. The highest BCUT2D eigenvalue weighted by molar-refractivity contribution is 5.97. The lowest BCUT2D eigenvalue weighted by Crippen LogP contribution is -2.03. The van der Waals surface area contributed by atoms with Crippen LogP contribution in [0.4, 0.5) is 4.39 Å². The van der Waals surface area contributed by atoms with Crippen LogP contribution in [-0.2, 0) is 11.3 Å². The second kappa shape index (κ2) is 6.95. The second-order valence-electron chi connectivity index (χ2n) is 6.07. The topological polar surface area (TPSA) is 22.0 Å². The number of hydrogen-bond acceptors (Lipinski definition) is 1. The van der Waals surface area contributed by atoms with Gasteiger partial charge in [-0.1, -0.05) is 30.9 Å². The van der Waals surface area contributed by atoms with Crippen molar-refractivity contribution >= 4 is 28.3 Å². The maximum atomic E-state index is 12.7.